The topological polar surface area (TPSA) is 72.3 Å². The van der Waals surface area contributed by atoms with Gasteiger partial charge in [0.15, 0.2) is 0 Å². The summed E-state index contributed by atoms with van der Waals surface area (Å²) in [6.45, 7) is 7.67. The van der Waals surface area contributed by atoms with E-state index in [0.717, 1.165) is 25.3 Å². The molecule has 0 saturated carbocycles. The summed E-state index contributed by atoms with van der Waals surface area (Å²) >= 11 is 0. The summed E-state index contributed by atoms with van der Waals surface area (Å²) in [5.41, 5.74) is 0.823. The zero-order chi connectivity index (χ0) is 14.1. The third kappa shape index (κ3) is 5.35. The molecule has 1 amide bonds. The van der Waals surface area contributed by atoms with E-state index in [2.05, 4.69) is 15.6 Å². The Labute approximate surface area is 113 Å². The maximum atomic E-state index is 11.9. The molecule has 0 spiro atoms. The second kappa shape index (κ2) is 8.60. The van der Waals surface area contributed by atoms with Gasteiger partial charge in [-0.3, -0.25) is 4.79 Å². The largest absolute Gasteiger partial charge is 0.383 e. The molecule has 0 aromatic carbocycles. The Morgan fingerprint density at radius 2 is 2.21 bits per heavy atom. The average molecular weight is 269 g/mol. The minimum Gasteiger partial charge on any atom is -0.383 e. The molecule has 0 bridgehead atoms. The number of nitrogens with one attached hydrogen (secondary N) is 1. The highest BCUT2D eigenvalue weighted by molar-refractivity contribution is 5.75. The van der Waals surface area contributed by atoms with Crippen LogP contribution in [0.15, 0.2) is 6.20 Å². The Bertz CT molecular complexity index is 376. The summed E-state index contributed by atoms with van der Waals surface area (Å²) < 4.78 is 6.51. The molecule has 0 aliphatic heterocycles. The van der Waals surface area contributed by atoms with E-state index in [9.17, 15) is 4.79 Å². The van der Waals surface area contributed by atoms with Gasteiger partial charge in [-0.05, 0) is 13.8 Å². The van der Waals surface area contributed by atoms with Crippen molar-refractivity contribution < 1.29 is 9.53 Å². The van der Waals surface area contributed by atoms with Crippen molar-refractivity contribution in [1.29, 1.82) is 0 Å². The molecular weight excluding hydrogens is 246 g/mol. The van der Waals surface area contributed by atoms with Gasteiger partial charge >= 0.3 is 0 Å². The van der Waals surface area contributed by atoms with Crippen molar-refractivity contribution >= 4 is 5.91 Å². The van der Waals surface area contributed by atoms with Crippen LogP contribution in [0.5, 0.6) is 0 Å². The number of likely N-dealkylation sites (N-methyl/N-ethyl adjacent to an activating group) is 1. The van der Waals surface area contributed by atoms with Crippen molar-refractivity contribution in [2.45, 2.75) is 26.9 Å². The van der Waals surface area contributed by atoms with Crippen LogP contribution < -0.4 is 5.32 Å². The number of methoxy groups -OCH3 is 1. The molecule has 7 heteroatoms. The molecule has 1 aromatic rings. The van der Waals surface area contributed by atoms with Gasteiger partial charge in [0.25, 0.3) is 0 Å². The maximum Gasteiger partial charge on any atom is 0.244 e. The number of carbonyl (C=O) groups excluding carboxylic acids is 1. The zero-order valence-corrected chi connectivity index (χ0v) is 11.9. The predicted octanol–water partition coefficient (Wildman–Crippen LogP) is -0.117. The van der Waals surface area contributed by atoms with Gasteiger partial charge in [-0.25, -0.2) is 4.68 Å². The third-order valence-electron chi connectivity index (χ3n) is 2.79. The van der Waals surface area contributed by atoms with Crippen molar-refractivity contribution in [3.05, 3.63) is 11.9 Å². The number of rotatable bonds is 9. The molecule has 1 heterocycles. The Hall–Kier alpha value is -1.47. The molecule has 0 radical (unpaired) electrons. The lowest BCUT2D eigenvalue weighted by atomic mass is 10.4. The van der Waals surface area contributed by atoms with E-state index >= 15 is 0 Å². The van der Waals surface area contributed by atoms with Crippen LogP contribution in [0.3, 0.4) is 0 Å². The molecule has 0 fully saturated rings. The summed E-state index contributed by atoms with van der Waals surface area (Å²) in [4.78, 5) is 13.7. The van der Waals surface area contributed by atoms with Crippen LogP contribution in [0.4, 0.5) is 0 Å². The standard InChI is InChI=1S/C12H23N5O2/c1-4-16(5-2)12(18)10-17-9-11(14-15-17)8-13-6-7-19-3/h9,13H,4-8,10H2,1-3H3. The number of amides is 1. The second-order valence-corrected chi connectivity index (χ2v) is 4.14. The van der Waals surface area contributed by atoms with E-state index in [1.807, 2.05) is 13.8 Å². The molecule has 1 aromatic heterocycles. The Morgan fingerprint density at radius 3 is 2.84 bits per heavy atom. The predicted molar refractivity (Wildman–Crippen MR) is 71.5 cm³/mol. The monoisotopic (exact) mass is 269 g/mol. The quantitative estimate of drug-likeness (QED) is 0.633. The summed E-state index contributed by atoms with van der Waals surface area (Å²) in [5, 5.41) is 11.1. The van der Waals surface area contributed by atoms with Crippen LogP contribution in [0.1, 0.15) is 19.5 Å². The number of aromatic nitrogens is 3. The van der Waals surface area contributed by atoms with Crippen LogP contribution in [-0.2, 0) is 22.6 Å². The first-order valence-corrected chi connectivity index (χ1v) is 6.57. The Kier molecular flexibility index (Phi) is 7.06. The Balaban J connectivity index is 2.39. The van der Waals surface area contributed by atoms with Gasteiger partial charge in [0.05, 0.1) is 18.5 Å². The molecule has 0 aliphatic rings. The van der Waals surface area contributed by atoms with E-state index < -0.39 is 0 Å². The SMILES string of the molecule is CCN(CC)C(=O)Cn1cc(CNCCOC)nn1. The number of carbonyl (C=O) groups is 1. The first-order valence-electron chi connectivity index (χ1n) is 6.57. The van der Waals surface area contributed by atoms with E-state index in [1.165, 1.54) is 0 Å². The fourth-order valence-corrected chi connectivity index (χ4v) is 1.70. The fraction of sp³-hybridized carbons (Fsp3) is 0.750. The summed E-state index contributed by atoms with van der Waals surface area (Å²) in [5.74, 6) is 0.0637. The lowest BCUT2D eigenvalue weighted by Gasteiger charge is -2.17. The van der Waals surface area contributed by atoms with Crippen LogP contribution >= 0.6 is 0 Å². The van der Waals surface area contributed by atoms with E-state index in [1.54, 1.807) is 22.9 Å². The van der Waals surface area contributed by atoms with Crippen LogP contribution in [-0.4, -0.2) is 59.2 Å². The van der Waals surface area contributed by atoms with Crippen LogP contribution in [0.2, 0.25) is 0 Å². The minimum absolute atomic E-state index is 0.0637. The van der Waals surface area contributed by atoms with Crippen molar-refractivity contribution in [3.63, 3.8) is 0 Å². The summed E-state index contributed by atoms with van der Waals surface area (Å²) in [6, 6.07) is 0. The summed E-state index contributed by atoms with van der Waals surface area (Å²) in [6.07, 6.45) is 1.79. The van der Waals surface area contributed by atoms with Gasteiger partial charge in [0.1, 0.15) is 6.54 Å². The second-order valence-electron chi connectivity index (χ2n) is 4.14. The van der Waals surface area contributed by atoms with E-state index in [4.69, 9.17) is 4.74 Å². The summed E-state index contributed by atoms with van der Waals surface area (Å²) in [7, 11) is 1.66. The first-order chi connectivity index (χ1) is 9.21. The van der Waals surface area contributed by atoms with Gasteiger partial charge in [-0.1, -0.05) is 5.21 Å². The highest BCUT2D eigenvalue weighted by Crippen LogP contribution is 1.96. The van der Waals surface area contributed by atoms with Gasteiger partial charge in [-0.15, -0.1) is 5.10 Å². The van der Waals surface area contributed by atoms with Gasteiger partial charge in [0, 0.05) is 33.3 Å². The van der Waals surface area contributed by atoms with Gasteiger partial charge in [0.2, 0.25) is 5.91 Å². The molecule has 7 nitrogen and oxygen atoms in total. The number of ether oxygens (including phenoxy) is 1. The minimum atomic E-state index is 0.0637. The lowest BCUT2D eigenvalue weighted by molar-refractivity contribution is -0.131. The van der Waals surface area contributed by atoms with Crippen LogP contribution in [0, 0.1) is 0 Å². The molecule has 19 heavy (non-hydrogen) atoms. The molecule has 0 aliphatic carbocycles. The number of hydrogen-bond donors (Lipinski definition) is 1. The third-order valence-corrected chi connectivity index (χ3v) is 2.79. The normalized spacial score (nSPS) is 10.7. The van der Waals surface area contributed by atoms with Crippen LogP contribution in [0.25, 0.3) is 0 Å². The lowest BCUT2D eigenvalue weighted by Crippen LogP contribution is -2.33. The highest BCUT2D eigenvalue weighted by Gasteiger charge is 2.11. The van der Waals surface area contributed by atoms with Crippen molar-refractivity contribution in [2.24, 2.45) is 0 Å². The number of hydrogen-bond acceptors (Lipinski definition) is 5. The highest BCUT2D eigenvalue weighted by atomic mass is 16.5. The first kappa shape index (κ1) is 15.6. The van der Waals surface area contributed by atoms with Gasteiger partial charge in [-0.2, -0.15) is 0 Å². The van der Waals surface area contributed by atoms with E-state index in [-0.39, 0.29) is 12.5 Å². The molecule has 0 atom stereocenters. The molecule has 108 valence electrons. The number of nitrogens with zero attached hydrogens (tertiary/aromatic N) is 4. The van der Waals surface area contributed by atoms with Crippen molar-refractivity contribution in [3.8, 4) is 0 Å². The van der Waals surface area contributed by atoms with Crippen molar-refractivity contribution in [2.75, 3.05) is 33.4 Å². The zero-order valence-electron chi connectivity index (χ0n) is 11.9. The van der Waals surface area contributed by atoms with Gasteiger partial charge < -0.3 is 15.0 Å². The average Bonchev–Trinajstić information content (AvgIpc) is 2.84. The molecule has 0 saturated heterocycles. The molecule has 0 unspecified atom stereocenters. The maximum absolute atomic E-state index is 11.9. The molecular formula is C12H23N5O2. The fourth-order valence-electron chi connectivity index (χ4n) is 1.70. The smallest absolute Gasteiger partial charge is 0.244 e. The Morgan fingerprint density at radius 1 is 1.47 bits per heavy atom. The molecule has 1 N–H and O–H groups in total. The van der Waals surface area contributed by atoms with Crippen molar-refractivity contribution in [1.82, 2.24) is 25.2 Å². The molecule has 1 rings (SSSR count). The van der Waals surface area contributed by atoms with E-state index in [0.29, 0.717) is 13.2 Å².